The van der Waals surface area contributed by atoms with Crippen molar-refractivity contribution in [2.75, 3.05) is 0 Å². The zero-order valence-electron chi connectivity index (χ0n) is 14.5. The topological polar surface area (TPSA) is 89.3 Å². The van der Waals surface area contributed by atoms with Crippen LogP contribution >= 0.6 is 0 Å². The Kier molecular flexibility index (Phi) is 6.40. The molecule has 0 aliphatic heterocycles. The Bertz CT molecular complexity index is 680. The number of sulfonamides is 1. The van der Waals surface area contributed by atoms with Crippen LogP contribution in [0.1, 0.15) is 69.5 Å². The van der Waals surface area contributed by atoms with Crippen LogP contribution < -0.4 is 10.5 Å². The third-order valence-corrected chi connectivity index (χ3v) is 5.63. The molecule has 0 bridgehead atoms. The van der Waals surface area contributed by atoms with Crippen LogP contribution in [0.3, 0.4) is 0 Å². The Balaban J connectivity index is 2.18. The largest absolute Gasteiger partial charge is 0.349 e. The molecule has 0 aromatic heterocycles. The molecule has 1 unspecified atom stereocenters. The van der Waals surface area contributed by atoms with Crippen molar-refractivity contribution in [1.29, 1.82) is 0 Å². The molecular weight excluding hydrogens is 324 g/mol. The van der Waals surface area contributed by atoms with E-state index in [9.17, 15) is 13.2 Å². The molecule has 0 radical (unpaired) electrons. The molecule has 1 aromatic rings. The molecule has 3 N–H and O–H groups in total. The fraction of sp³-hybridized carbons (Fsp3) is 0.611. The van der Waals surface area contributed by atoms with E-state index >= 15 is 0 Å². The van der Waals surface area contributed by atoms with E-state index < -0.39 is 10.0 Å². The lowest BCUT2D eigenvalue weighted by Gasteiger charge is -2.28. The monoisotopic (exact) mass is 352 g/mol. The minimum absolute atomic E-state index is 0.0352. The van der Waals surface area contributed by atoms with Crippen LogP contribution in [0.5, 0.6) is 0 Å². The minimum Gasteiger partial charge on any atom is -0.349 e. The Morgan fingerprint density at radius 3 is 2.54 bits per heavy atom. The quantitative estimate of drug-likeness (QED) is 0.790. The van der Waals surface area contributed by atoms with Crippen molar-refractivity contribution in [2.45, 2.75) is 69.7 Å². The third kappa shape index (κ3) is 4.57. The van der Waals surface area contributed by atoms with Gasteiger partial charge in [0.25, 0.3) is 0 Å². The lowest BCUT2D eigenvalue weighted by atomic mass is 9.87. The highest BCUT2D eigenvalue weighted by molar-refractivity contribution is 7.89. The summed E-state index contributed by atoms with van der Waals surface area (Å²) < 4.78 is 23.0. The van der Waals surface area contributed by atoms with Gasteiger partial charge in [-0.1, -0.05) is 32.8 Å². The fourth-order valence-corrected chi connectivity index (χ4v) is 4.07. The van der Waals surface area contributed by atoms with Crippen LogP contribution in [0.2, 0.25) is 0 Å². The number of amides is 1. The van der Waals surface area contributed by atoms with Gasteiger partial charge in [-0.3, -0.25) is 4.79 Å². The first-order chi connectivity index (χ1) is 11.4. The first-order valence-corrected chi connectivity index (χ1v) is 10.4. The molecule has 2 rings (SSSR count). The molecule has 0 heterocycles. The molecule has 6 heteroatoms. The number of aryl methyl sites for hydroxylation is 1. The van der Waals surface area contributed by atoms with Gasteiger partial charge >= 0.3 is 0 Å². The van der Waals surface area contributed by atoms with Gasteiger partial charge in [0.15, 0.2) is 0 Å². The van der Waals surface area contributed by atoms with Crippen LogP contribution in [0.4, 0.5) is 0 Å². The summed E-state index contributed by atoms with van der Waals surface area (Å²) in [6, 6.07) is 4.95. The van der Waals surface area contributed by atoms with Crippen molar-refractivity contribution in [1.82, 2.24) is 5.32 Å². The van der Waals surface area contributed by atoms with Crippen molar-refractivity contribution < 1.29 is 13.2 Å². The highest BCUT2D eigenvalue weighted by atomic mass is 32.2. The van der Waals surface area contributed by atoms with E-state index in [4.69, 9.17) is 5.14 Å². The van der Waals surface area contributed by atoms with Gasteiger partial charge in [-0.15, -0.1) is 0 Å². The number of hydrogen-bond acceptors (Lipinski definition) is 3. The molecule has 0 saturated carbocycles. The van der Waals surface area contributed by atoms with E-state index in [0.29, 0.717) is 0 Å². The lowest BCUT2D eigenvalue weighted by Crippen LogP contribution is -2.35. The number of hydrogen-bond donors (Lipinski definition) is 2. The van der Waals surface area contributed by atoms with Crippen LogP contribution in [-0.4, -0.2) is 14.3 Å². The molecular formula is C18H28N2O3S. The number of rotatable bonds is 7. The van der Waals surface area contributed by atoms with Gasteiger partial charge < -0.3 is 5.32 Å². The smallest absolute Gasteiger partial charge is 0.238 e. The predicted molar refractivity (Wildman–Crippen MR) is 94.9 cm³/mol. The summed E-state index contributed by atoms with van der Waals surface area (Å²) in [4.78, 5) is 12.7. The van der Waals surface area contributed by atoms with Gasteiger partial charge in [-0.2, -0.15) is 0 Å². The molecule has 1 aliphatic rings. The van der Waals surface area contributed by atoms with E-state index in [2.05, 4.69) is 19.2 Å². The first kappa shape index (κ1) is 18.9. The van der Waals surface area contributed by atoms with Gasteiger partial charge in [-0.05, 0) is 55.4 Å². The van der Waals surface area contributed by atoms with Crippen molar-refractivity contribution in [3.8, 4) is 0 Å². The number of fused-ring (bicyclic) bond motifs is 1. The number of primary sulfonamides is 1. The van der Waals surface area contributed by atoms with Crippen LogP contribution in [0, 0.1) is 5.92 Å². The molecule has 1 aromatic carbocycles. The normalized spacial score (nSPS) is 17.6. The lowest BCUT2D eigenvalue weighted by molar-refractivity contribution is -0.126. The summed E-state index contributed by atoms with van der Waals surface area (Å²) >= 11 is 0. The Hall–Kier alpha value is -1.40. The van der Waals surface area contributed by atoms with Crippen LogP contribution in [-0.2, 0) is 21.2 Å². The van der Waals surface area contributed by atoms with Crippen LogP contribution in [0.15, 0.2) is 23.1 Å². The molecule has 0 fully saturated rings. The van der Waals surface area contributed by atoms with Crippen molar-refractivity contribution >= 4 is 15.9 Å². The summed E-state index contributed by atoms with van der Waals surface area (Å²) in [6.07, 6.45) is 6.44. The second-order valence-electron chi connectivity index (χ2n) is 6.63. The van der Waals surface area contributed by atoms with Gasteiger partial charge in [-0.25, -0.2) is 13.6 Å². The first-order valence-electron chi connectivity index (χ1n) is 8.82. The molecule has 1 atom stereocenters. The molecule has 1 amide bonds. The maximum Gasteiger partial charge on any atom is 0.238 e. The predicted octanol–water partition coefficient (Wildman–Crippen LogP) is 3.04. The van der Waals surface area contributed by atoms with Crippen LogP contribution in [0.25, 0.3) is 0 Å². The van der Waals surface area contributed by atoms with Crippen molar-refractivity contribution in [3.05, 3.63) is 29.3 Å². The highest BCUT2D eigenvalue weighted by Crippen LogP contribution is 2.31. The second-order valence-corrected chi connectivity index (χ2v) is 8.19. The van der Waals surface area contributed by atoms with E-state index in [-0.39, 0.29) is 22.8 Å². The standard InChI is InChI=1S/C18H28N2O3S/c1-3-6-13(7-4-2)18(21)20-17-9-5-8-14-12-15(24(19,22)23)10-11-16(14)17/h10-13,17H,3-9H2,1-2H3,(H,20,21)(H2,19,22,23). The SMILES string of the molecule is CCCC(CCC)C(=O)NC1CCCc2cc(S(N)(=O)=O)ccc21. The minimum atomic E-state index is -3.69. The summed E-state index contributed by atoms with van der Waals surface area (Å²) in [5, 5.41) is 8.40. The average molecular weight is 353 g/mol. The number of carbonyl (C=O) groups excluding carboxylic acids is 1. The summed E-state index contributed by atoms with van der Waals surface area (Å²) in [5.41, 5.74) is 1.99. The third-order valence-electron chi connectivity index (χ3n) is 4.72. The molecule has 5 nitrogen and oxygen atoms in total. The number of carbonyl (C=O) groups is 1. The maximum absolute atomic E-state index is 12.6. The summed E-state index contributed by atoms with van der Waals surface area (Å²) in [7, 11) is -3.69. The summed E-state index contributed by atoms with van der Waals surface area (Å²) in [6.45, 7) is 4.20. The van der Waals surface area contributed by atoms with E-state index in [0.717, 1.165) is 56.1 Å². The highest BCUT2D eigenvalue weighted by Gasteiger charge is 2.26. The number of nitrogens with one attached hydrogen (secondary N) is 1. The Morgan fingerprint density at radius 2 is 1.96 bits per heavy atom. The summed E-state index contributed by atoms with van der Waals surface area (Å²) in [5.74, 6) is 0.182. The average Bonchev–Trinajstić information content (AvgIpc) is 2.53. The van der Waals surface area contributed by atoms with Crippen molar-refractivity contribution in [2.24, 2.45) is 11.1 Å². The zero-order valence-corrected chi connectivity index (χ0v) is 15.4. The van der Waals surface area contributed by atoms with E-state index in [1.165, 1.54) is 6.07 Å². The molecule has 0 saturated heterocycles. The molecule has 1 aliphatic carbocycles. The Labute approximate surface area is 145 Å². The second kappa shape index (κ2) is 8.12. The van der Waals surface area contributed by atoms with Gasteiger partial charge in [0.05, 0.1) is 10.9 Å². The Morgan fingerprint density at radius 1 is 1.29 bits per heavy atom. The van der Waals surface area contributed by atoms with Gasteiger partial charge in [0.1, 0.15) is 0 Å². The molecule has 0 spiro atoms. The van der Waals surface area contributed by atoms with Gasteiger partial charge in [0, 0.05) is 5.92 Å². The molecule has 24 heavy (non-hydrogen) atoms. The number of nitrogens with two attached hydrogens (primary N) is 1. The molecule has 134 valence electrons. The maximum atomic E-state index is 12.6. The van der Waals surface area contributed by atoms with E-state index in [1.807, 2.05) is 0 Å². The van der Waals surface area contributed by atoms with Crippen molar-refractivity contribution in [3.63, 3.8) is 0 Å². The van der Waals surface area contributed by atoms with Gasteiger partial charge in [0.2, 0.25) is 15.9 Å². The number of benzene rings is 1. The zero-order chi connectivity index (χ0) is 17.7. The van der Waals surface area contributed by atoms with E-state index in [1.54, 1.807) is 12.1 Å². The fourth-order valence-electron chi connectivity index (χ4n) is 3.51.